The van der Waals surface area contributed by atoms with Gasteiger partial charge < -0.3 is 9.53 Å². The zero-order chi connectivity index (χ0) is 15.9. The molecule has 0 spiro atoms. The van der Waals surface area contributed by atoms with E-state index in [1.165, 1.54) is 0 Å². The van der Waals surface area contributed by atoms with E-state index in [2.05, 4.69) is 55.5 Å². The number of hydrogen-bond acceptors (Lipinski definition) is 2. The van der Waals surface area contributed by atoms with Crippen molar-refractivity contribution in [3.63, 3.8) is 0 Å². The van der Waals surface area contributed by atoms with Crippen LogP contribution in [-0.2, 0) is 9.53 Å². The van der Waals surface area contributed by atoms with Gasteiger partial charge in [0.2, 0.25) is 0 Å². The summed E-state index contributed by atoms with van der Waals surface area (Å²) in [6.45, 7) is 2.17. The molecule has 2 unspecified atom stereocenters. The second kappa shape index (κ2) is 13.3. The lowest BCUT2D eigenvalue weighted by Gasteiger charge is -1.87. The zero-order valence-corrected chi connectivity index (χ0v) is 13.8. The molecule has 1 saturated heterocycles. The fourth-order valence-corrected chi connectivity index (χ4v) is 2.23. The number of aldehydes is 1. The molecular formula is C20H30O2. The van der Waals surface area contributed by atoms with Crippen molar-refractivity contribution in [3.05, 3.63) is 48.6 Å². The molecule has 1 fully saturated rings. The molecule has 1 heterocycles. The van der Waals surface area contributed by atoms with Crippen molar-refractivity contribution in [2.24, 2.45) is 0 Å². The Balaban J connectivity index is 1.89. The monoisotopic (exact) mass is 302 g/mol. The molecule has 2 atom stereocenters. The molecular weight excluding hydrogens is 272 g/mol. The van der Waals surface area contributed by atoms with Crippen LogP contribution < -0.4 is 0 Å². The molecule has 0 aliphatic carbocycles. The SMILES string of the molecule is CCC1OC1C/C=C\C/C=C\C/C=C\C/C=C\CCCC=O. The van der Waals surface area contributed by atoms with Crippen LogP contribution in [0.3, 0.4) is 0 Å². The minimum atomic E-state index is 0.486. The summed E-state index contributed by atoms with van der Waals surface area (Å²) in [6.07, 6.45) is 27.4. The number of carbonyl (C=O) groups excluding carboxylic acids is 1. The van der Waals surface area contributed by atoms with Crippen LogP contribution in [0.15, 0.2) is 48.6 Å². The number of carbonyl (C=O) groups is 1. The summed E-state index contributed by atoms with van der Waals surface area (Å²) in [5.74, 6) is 0. The maximum Gasteiger partial charge on any atom is 0.120 e. The van der Waals surface area contributed by atoms with E-state index in [4.69, 9.17) is 4.74 Å². The van der Waals surface area contributed by atoms with Gasteiger partial charge in [0.05, 0.1) is 12.2 Å². The molecule has 0 aromatic carbocycles. The second-order valence-corrected chi connectivity index (χ2v) is 5.55. The van der Waals surface area contributed by atoms with E-state index in [-0.39, 0.29) is 0 Å². The van der Waals surface area contributed by atoms with Gasteiger partial charge in [-0.25, -0.2) is 0 Å². The largest absolute Gasteiger partial charge is 0.369 e. The third-order valence-electron chi connectivity index (χ3n) is 3.63. The number of rotatable bonds is 13. The molecule has 0 N–H and O–H groups in total. The van der Waals surface area contributed by atoms with E-state index in [1.54, 1.807) is 0 Å². The van der Waals surface area contributed by atoms with Gasteiger partial charge in [-0.05, 0) is 44.9 Å². The summed E-state index contributed by atoms with van der Waals surface area (Å²) >= 11 is 0. The Labute approximate surface area is 135 Å². The molecule has 0 bridgehead atoms. The van der Waals surface area contributed by atoms with E-state index in [9.17, 15) is 4.79 Å². The third kappa shape index (κ3) is 10.3. The van der Waals surface area contributed by atoms with Gasteiger partial charge in [-0.2, -0.15) is 0 Å². The predicted molar refractivity (Wildman–Crippen MR) is 93.9 cm³/mol. The van der Waals surface area contributed by atoms with Gasteiger partial charge in [0.1, 0.15) is 6.29 Å². The Hall–Kier alpha value is -1.41. The van der Waals surface area contributed by atoms with E-state index in [0.717, 1.165) is 51.2 Å². The smallest absolute Gasteiger partial charge is 0.120 e. The molecule has 0 saturated carbocycles. The van der Waals surface area contributed by atoms with Gasteiger partial charge in [0.15, 0.2) is 0 Å². The van der Waals surface area contributed by atoms with Crippen LogP contribution >= 0.6 is 0 Å². The first-order chi connectivity index (χ1) is 10.9. The molecule has 0 amide bonds. The van der Waals surface area contributed by atoms with Crippen molar-refractivity contribution in [1.82, 2.24) is 0 Å². The van der Waals surface area contributed by atoms with E-state index in [1.807, 2.05) is 0 Å². The number of hydrogen-bond donors (Lipinski definition) is 0. The molecule has 1 aliphatic rings. The first kappa shape index (κ1) is 18.6. The van der Waals surface area contributed by atoms with E-state index in [0.29, 0.717) is 18.6 Å². The van der Waals surface area contributed by atoms with Gasteiger partial charge in [0.25, 0.3) is 0 Å². The molecule has 0 aromatic rings. The van der Waals surface area contributed by atoms with Gasteiger partial charge in [-0.3, -0.25) is 0 Å². The third-order valence-corrected chi connectivity index (χ3v) is 3.63. The first-order valence-electron chi connectivity index (χ1n) is 8.57. The number of ether oxygens (including phenoxy) is 1. The highest BCUT2D eigenvalue weighted by molar-refractivity contribution is 5.49. The summed E-state index contributed by atoms with van der Waals surface area (Å²) in [7, 11) is 0. The molecule has 22 heavy (non-hydrogen) atoms. The van der Waals surface area contributed by atoms with Crippen LogP contribution in [0.2, 0.25) is 0 Å². The fraction of sp³-hybridized carbons (Fsp3) is 0.550. The summed E-state index contributed by atoms with van der Waals surface area (Å²) in [6, 6.07) is 0. The van der Waals surface area contributed by atoms with Crippen molar-refractivity contribution < 1.29 is 9.53 Å². The Kier molecular flexibility index (Phi) is 11.2. The number of epoxide rings is 1. The van der Waals surface area contributed by atoms with Crippen LogP contribution in [0.1, 0.15) is 58.3 Å². The van der Waals surface area contributed by atoms with Crippen LogP contribution in [0.4, 0.5) is 0 Å². The quantitative estimate of drug-likeness (QED) is 0.199. The van der Waals surface area contributed by atoms with Crippen molar-refractivity contribution in [2.75, 3.05) is 0 Å². The van der Waals surface area contributed by atoms with Crippen LogP contribution in [0.5, 0.6) is 0 Å². The van der Waals surface area contributed by atoms with Gasteiger partial charge in [0, 0.05) is 6.42 Å². The lowest BCUT2D eigenvalue weighted by atomic mass is 10.2. The maximum atomic E-state index is 10.1. The standard InChI is InChI=1S/C20H30O2/c1-2-19-20(22-19)17-15-13-11-9-7-5-3-4-6-8-10-12-14-16-18-21/h3-4,7-10,13,15,18-20H,2,5-6,11-12,14,16-17H2,1H3/b4-3-,9-7-,10-8-,15-13-. The molecule has 0 radical (unpaired) electrons. The molecule has 1 aliphatic heterocycles. The summed E-state index contributed by atoms with van der Waals surface area (Å²) in [5.41, 5.74) is 0. The second-order valence-electron chi connectivity index (χ2n) is 5.55. The molecule has 2 heteroatoms. The highest BCUT2D eigenvalue weighted by Gasteiger charge is 2.35. The Morgan fingerprint density at radius 3 is 1.91 bits per heavy atom. The van der Waals surface area contributed by atoms with Gasteiger partial charge in [-0.1, -0.05) is 55.5 Å². The predicted octanol–water partition coefficient (Wildman–Crippen LogP) is 5.32. The van der Waals surface area contributed by atoms with Crippen LogP contribution in [0, 0.1) is 0 Å². The molecule has 122 valence electrons. The van der Waals surface area contributed by atoms with Crippen LogP contribution in [0.25, 0.3) is 0 Å². The highest BCUT2D eigenvalue weighted by Crippen LogP contribution is 2.28. The fourth-order valence-electron chi connectivity index (χ4n) is 2.23. The summed E-state index contributed by atoms with van der Waals surface area (Å²) in [4.78, 5) is 10.1. The summed E-state index contributed by atoms with van der Waals surface area (Å²) < 4.78 is 5.49. The minimum absolute atomic E-state index is 0.486. The van der Waals surface area contributed by atoms with Crippen LogP contribution in [-0.4, -0.2) is 18.5 Å². The molecule has 0 aromatic heterocycles. The Morgan fingerprint density at radius 1 is 0.773 bits per heavy atom. The summed E-state index contributed by atoms with van der Waals surface area (Å²) in [5, 5.41) is 0. The topological polar surface area (TPSA) is 29.6 Å². The molecule has 2 nitrogen and oxygen atoms in total. The van der Waals surface area contributed by atoms with Gasteiger partial charge >= 0.3 is 0 Å². The van der Waals surface area contributed by atoms with E-state index >= 15 is 0 Å². The van der Waals surface area contributed by atoms with Crippen molar-refractivity contribution in [3.8, 4) is 0 Å². The maximum absolute atomic E-state index is 10.1. The minimum Gasteiger partial charge on any atom is -0.369 e. The van der Waals surface area contributed by atoms with Gasteiger partial charge in [-0.15, -0.1) is 0 Å². The van der Waals surface area contributed by atoms with Crippen molar-refractivity contribution in [2.45, 2.75) is 70.5 Å². The van der Waals surface area contributed by atoms with Crippen molar-refractivity contribution in [1.29, 1.82) is 0 Å². The molecule has 1 rings (SSSR count). The Bertz CT molecular complexity index is 391. The average molecular weight is 302 g/mol. The number of allylic oxidation sites excluding steroid dienone is 7. The average Bonchev–Trinajstić information content (AvgIpc) is 3.30. The Morgan fingerprint density at radius 2 is 1.36 bits per heavy atom. The lowest BCUT2D eigenvalue weighted by molar-refractivity contribution is -0.107. The van der Waals surface area contributed by atoms with E-state index < -0.39 is 0 Å². The van der Waals surface area contributed by atoms with Crippen molar-refractivity contribution >= 4 is 6.29 Å². The number of unbranched alkanes of at least 4 members (excludes halogenated alkanes) is 2. The normalized spacial score (nSPS) is 21.7. The lowest BCUT2D eigenvalue weighted by Crippen LogP contribution is -1.88. The highest BCUT2D eigenvalue weighted by atomic mass is 16.6. The first-order valence-corrected chi connectivity index (χ1v) is 8.57. The zero-order valence-electron chi connectivity index (χ0n) is 13.8.